The van der Waals surface area contributed by atoms with Gasteiger partial charge >= 0.3 is 0 Å². The van der Waals surface area contributed by atoms with Crippen LogP contribution in [-0.4, -0.2) is 31.4 Å². The van der Waals surface area contributed by atoms with Gasteiger partial charge in [-0.3, -0.25) is 0 Å². The molecule has 108 valence electrons. The van der Waals surface area contributed by atoms with Gasteiger partial charge in [0, 0.05) is 23.1 Å². The summed E-state index contributed by atoms with van der Waals surface area (Å²) in [4.78, 5) is 0. The Morgan fingerprint density at radius 1 is 1.42 bits per heavy atom. The second kappa shape index (κ2) is 6.22. The summed E-state index contributed by atoms with van der Waals surface area (Å²) in [5.41, 5.74) is 5.89. The number of thiophene rings is 1. The Kier molecular flexibility index (Phi) is 5.05. The molecule has 1 saturated carbocycles. The third-order valence-corrected chi connectivity index (χ3v) is 8.26. The molecule has 0 amide bonds. The number of hydrogen-bond donors (Lipinski definition) is 1. The lowest BCUT2D eigenvalue weighted by atomic mass is 9.92. The topological polar surface area (TPSA) is 63.4 Å². The highest BCUT2D eigenvalue weighted by Gasteiger charge is 2.34. The van der Waals surface area contributed by atoms with E-state index < -0.39 is 10.0 Å². The number of nitrogens with two attached hydrogens (primary N) is 1. The molecule has 0 aliphatic heterocycles. The average molecular weight is 367 g/mol. The van der Waals surface area contributed by atoms with Gasteiger partial charge in [-0.2, -0.15) is 4.31 Å². The van der Waals surface area contributed by atoms with Gasteiger partial charge in [0.1, 0.15) is 4.21 Å². The molecule has 1 aliphatic rings. The van der Waals surface area contributed by atoms with Gasteiger partial charge in [0.15, 0.2) is 0 Å². The molecule has 19 heavy (non-hydrogen) atoms. The zero-order valence-electron chi connectivity index (χ0n) is 10.9. The van der Waals surface area contributed by atoms with E-state index in [1.54, 1.807) is 15.8 Å². The maximum atomic E-state index is 12.7. The van der Waals surface area contributed by atoms with E-state index in [0.717, 1.165) is 25.7 Å². The highest BCUT2D eigenvalue weighted by atomic mass is 79.9. The van der Waals surface area contributed by atoms with Crippen LogP contribution in [0.3, 0.4) is 0 Å². The first kappa shape index (κ1) is 15.4. The first-order valence-corrected chi connectivity index (χ1v) is 9.58. The lowest BCUT2D eigenvalue weighted by Crippen LogP contribution is -2.43. The Labute approximate surface area is 127 Å². The van der Waals surface area contributed by atoms with Gasteiger partial charge in [-0.25, -0.2) is 8.42 Å². The lowest BCUT2D eigenvalue weighted by molar-refractivity contribution is 0.247. The summed E-state index contributed by atoms with van der Waals surface area (Å²) in [5.74, 6) is 0. The molecule has 1 fully saturated rings. The molecule has 0 unspecified atom stereocenters. The van der Waals surface area contributed by atoms with Crippen LogP contribution in [0.25, 0.3) is 0 Å². The fourth-order valence-corrected chi connectivity index (χ4v) is 6.70. The summed E-state index contributed by atoms with van der Waals surface area (Å²) >= 11 is 4.58. The smallest absolute Gasteiger partial charge is 0.253 e. The highest BCUT2D eigenvalue weighted by Crippen LogP contribution is 2.33. The minimum absolute atomic E-state index is 0.0869. The molecule has 1 aromatic heterocycles. The van der Waals surface area contributed by atoms with Crippen LogP contribution in [0.2, 0.25) is 0 Å². The van der Waals surface area contributed by atoms with E-state index in [1.165, 1.54) is 11.3 Å². The summed E-state index contributed by atoms with van der Waals surface area (Å²) in [7, 11) is -3.39. The van der Waals surface area contributed by atoms with Crippen LogP contribution in [-0.2, 0) is 10.0 Å². The average Bonchev–Trinajstić information content (AvgIpc) is 2.79. The van der Waals surface area contributed by atoms with Gasteiger partial charge < -0.3 is 5.73 Å². The van der Waals surface area contributed by atoms with Gasteiger partial charge in [0.25, 0.3) is 10.0 Å². The minimum atomic E-state index is -3.39. The molecule has 0 bridgehead atoms. The SMILES string of the molecule is CCN(C1CCC(N)CC1)S(=O)(=O)c1sccc1Br. The summed E-state index contributed by atoms with van der Waals surface area (Å²) in [6.07, 6.45) is 3.53. The summed E-state index contributed by atoms with van der Waals surface area (Å²) in [5, 5.41) is 1.79. The number of halogens is 1. The van der Waals surface area contributed by atoms with Crippen LogP contribution in [0.5, 0.6) is 0 Å². The van der Waals surface area contributed by atoms with Gasteiger partial charge in [0.2, 0.25) is 0 Å². The van der Waals surface area contributed by atoms with Crippen LogP contribution in [0.1, 0.15) is 32.6 Å². The Morgan fingerprint density at radius 2 is 2.05 bits per heavy atom. The van der Waals surface area contributed by atoms with E-state index >= 15 is 0 Å². The van der Waals surface area contributed by atoms with Crippen molar-refractivity contribution >= 4 is 37.3 Å². The molecule has 2 rings (SSSR count). The zero-order valence-corrected chi connectivity index (χ0v) is 14.1. The van der Waals surface area contributed by atoms with Crippen molar-refractivity contribution in [3.8, 4) is 0 Å². The summed E-state index contributed by atoms with van der Waals surface area (Å²) in [6.45, 7) is 2.40. The second-order valence-corrected chi connectivity index (χ2v) is 8.69. The quantitative estimate of drug-likeness (QED) is 0.890. The standard InChI is InChI=1S/C12H19BrN2O2S2/c1-2-15(10-5-3-9(14)4-6-10)19(16,17)12-11(13)7-8-18-12/h7-10H,2-6,14H2,1H3. The van der Waals surface area contributed by atoms with Crippen molar-refractivity contribution in [3.63, 3.8) is 0 Å². The maximum Gasteiger partial charge on any atom is 0.253 e. The van der Waals surface area contributed by atoms with Crippen LogP contribution >= 0.6 is 27.3 Å². The number of hydrogen-bond acceptors (Lipinski definition) is 4. The van der Waals surface area contributed by atoms with Gasteiger partial charge in [-0.15, -0.1) is 11.3 Å². The van der Waals surface area contributed by atoms with Crippen molar-refractivity contribution in [1.82, 2.24) is 4.31 Å². The van der Waals surface area contributed by atoms with Crippen LogP contribution in [0, 0.1) is 0 Å². The van der Waals surface area contributed by atoms with Gasteiger partial charge in [-0.1, -0.05) is 6.92 Å². The van der Waals surface area contributed by atoms with E-state index in [1.807, 2.05) is 6.92 Å². The van der Waals surface area contributed by atoms with E-state index in [9.17, 15) is 8.42 Å². The molecule has 4 nitrogen and oxygen atoms in total. The van der Waals surface area contributed by atoms with Crippen molar-refractivity contribution < 1.29 is 8.42 Å². The highest BCUT2D eigenvalue weighted by molar-refractivity contribution is 9.10. The van der Waals surface area contributed by atoms with Crippen molar-refractivity contribution in [2.45, 2.75) is 48.9 Å². The van der Waals surface area contributed by atoms with E-state index in [0.29, 0.717) is 15.2 Å². The van der Waals surface area contributed by atoms with E-state index in [4.69, 9.17) is 5.73 Å². The third kappa shape index (κ3) is 3.21. The molecule has 0 saturated heterocycles. The number of rotatable bonds is 4. The predicted octanol–water partition coefficient (Wildman–Crippen LogP) is 2.79. The summed E-state index contributed by atoms with van der Waals surface area (Å²) < 4.78 is 28.1. The molecular formula is C12H19BrN2O2S2. The minimum Gasteiger partial charge on any atom is -0.328 e. The molecule has 0 spiro atoms. The molecular weight excluding hydrogens is 348 g/mol. The monoisotopic (exact) mass is 366 g/mol. The van der Waals surface area contributed by atoms with Gasteiger partial charge in [0.05, 0.1) is 0 Å². The predicted molar refractivity (Wildman–Crippen MR) is 81.8 cm³/mol. The molecule has 1 aromatic rings. The van der Waals surface area contributed by atoms with Crippen LogP contribution in [0.4, 0.5) is 0 Å². The molecule has 0 atom stereocenters. The second-order valence-electron chi connectivity index (χ2n) is 4.83. The van der Waals surface area contributed by atoms with Crippen LogP contribution < -0.4 is 5.73 Å². The third-order valence-electron chi connectivity index (χ3n) is 3.59. The zero-order chi connectivity index (χ0) is 14.0. The Balaban J connectivity index is 2.24. The van der Waals surface area contributed by atoms with Crippen molar-refractivity contribution in [1.29, 1.82) is 0 Å². The largest absolute Gasteiger partial charge is 0.328 e. The molecule has 1 aliphatic carbocycles. The lowest BCUT2D eigenvalue weighted by Gasteiger charge is -2.34. The fourth-order valence-electron chi connectivity index (χ4n) is 2.58. The van der Waals surface area contributed by atoms with Crippen molar-refractivity contribution in [2.75, 3.05) is 6.54 Å². The maximum absolute atomic E-state index is 12.7. The first-order chi connectivity index (χ1) is 8.96. The number of sulfonamides is 1. The molecule has 7 heteroatoms. The molecule has 1 heterocycles. The van der Waals surface area contributed by atoms with E-state index in [-0.39, 0.29) is 12.1 Å². The fraction of sp³-hybridized carbons (Fsp3) is 0.667. The van der Waals surface area contributed by atoms with Gasteiger partial charge in [-0.05, 0) is 53.1 Å². The Morgan fingerprint density at radius 3 is 2.53 bits per heavy atom. The molecule has 0 aromatic carbocycles. The van der Waals surface area contributed by atoms with E-state index in [2.05, 4.69) is 15.9 Å². The molecule has 2 N–H and O–H groups in total. The Bertz CT molecular complexity index is 522. The molecule has 0 radical (unpaired) electrons. The first-order valence-electron chi connectivity index (χ1n) is 6.47. The summed E-state index contributed by atoms with van der Waals surface area (Å²) in [6, 6.07) is 2.09. The Hall–Kier alpha value is 0.0500. The number of nitrogens with zero attached hydrogens (tertiary/aromatic N) is 1. The normalized spacial score (nSPS) is 24.8. The van der Waals surface area contributed by atoms with Crippen molar-refractivity contribution in [3.05, 3.63) is 15.9 Å². The van der Waals surface area contributed by atoms with Crippen LogP contribution in [0.15, 0.2) is 20.1 Å². The van der Waals surface area contributed by atoms with Crippen molar-refractivity contribution in [2.24, 2.45) is 5.73 Å².